The molecule has 2 aliphatic rings. The average molecular weight is 484 g/mol. The van der Waals surface area contributed by atoms with Gasteiger partial charge in [-0.05, 0) is 51.2 Å². The molecule has 1 aliphatic carbocycles. The Balaban J connectivity index is 1.61. The highest BCUT2D eigenvalue weighted by Crippen LogP contribution is 2.31. The molecule has 1 fully saturated rings. The number of rotatable bonds is 2. The molecule has 0 bridgehead atoms. The van der Waals surface area contributed by atoms with E-state index in [1.165, 1.54) is 0 Å². The Morgan fingerprint density at radius 2 is 1.79 bits per heavy atom. The first-order valence-corrected chi connectivity index (χ1v) is 13.6. The zero-order valence-corrected chi connectivity index (χ0v) is 21.3. The van der Waals surface area contributed by atoms with Gasteiger partial charge in [-0.1, -0.05) is 37.8 Å². The van der Waals surface area contributed by atoms with Crippen LogP contribution in [0.4, 0.5) is 0 Å². The molecule has 2 amide bonds. The summed E-state index contributed by atoms with van der Waals surface area (Å²) in [6.07, 6.45) is 9.51. The van der Waals surface area contributed by atoms with Gasteiger partial charge in [0.25, 0.3) is 5.91 Å². The van der Waals surface area contributed by atoms with E-state index in [1.807, 2.05) is 48.5 Å². The topological polar surface area (TPSA) is 62.7 Å². The van der Waals surface area contributed by atoms with E-state index >= 15 is 0 Å². The monoisotopic (exact) mass is 483 g/mol. The van der Waals surface area contributed by atoms with Crippen LogP contribution >= 0.6 is 11.3 Å². The summed E-state index contributed by atoms with van der Waals surface area (Å²) >= 11 is 1.59. The molecule has 7 heteroatoms. The van der Waals surface area contributed by atoms with Gasteiger partial charge < -0.3 is 14.5 Å². The van der Waals surface area contributed by atoms with Gasteiger partial charge >= 0.3 is 0 Å². The Kier molecular flexibility index (Phi) is 8.59. The average Bonchev–Trinajstić information content (AvgIpc) is 3.25. The first-order valence-electron chi connectivity index (χ1n) is 12.7. The van der Waals surface area contributed by atoms with Gasteiger partial charge in [-0.3, -0.25) is 9.59 Å². The maximum absolute atomic E-state index is 13.5. The third kappa shape index (κ3) is 6.17. The number of carbonyl (C=O) groups is 2. The van der Waals surface area contributed by atoms with Crippen molar-refractivity contribution in [2.75, 3.05) is 20.1 Å². The molecule has 0 unspecified atom stereocenters. The standard InChI is InChI=1S/C27H37N3O3S/c1-20-28-21(19-34-20)18-26(31)30-17-11-5-3-4-10-16-29(2)27(32)22-12-6-8-14-24(22)33-25-15-9-7-13-23(25)30/h6,8,12,14,19,23,25H,3-5,7,9-11,13,15-18H2,1-2H3/t23-,25+/m1/s1. The molecule has 2 aromatic rings. The fourth-order valence-electron chi connectivity index (χ4n) is 5.17. The summed E-state index contributed by atoms with van der Waals surface area (Å²) in [5.74, 6) is 0.775. The van der Waals surface area contributed by atoms with Gasteiger partial charge in [0.15, 0.2) is 0 Å². The zero-order chi connectivity index (χ0) is 23.9. The third-order valence-corrected chi connectivity index (χ3v) is 7.84. The molecule has 0 N–H and O–H groups in total. The molecule has 4 rings (SSSR count). The molecule has 1 saturated carbocycles. The Bertz CT molecular complexity index is 976. The number of thiazole rings is 1. The van der Waals surface area contributed by atoms with Crippen LogP contribution in [-0.2, 0) is 11.2 Å². The lowest BCUT2D eigenvalue weighted by Crippen LogP contribution is -2.51. The summed E-state index contributed by atoms with van der Waals surface area (Å²) in [4.78, 5) is 35.1. The van der Waals surface area contributed by atoms with Crippen LogP contribution in [0.1, 0.15) is 78.8 Å². The van der Waals surface area contributed by atoms with Crippen LogP contribution in [0.15, 0.2) is 29.6 Å². The van der Waals surface area contributed by atoms with Gasteiger partial charge in [-0.25, -0.2) is 4.98 Å². The van der Waals surface area contributed by atoms with E-state index in [4.69, 9.17) is 4.74 Å². The van der Waals surface area contributed by atoms with E-state index in [0.717, 1.165) is 81.6 Å². The van der Waals surface area contributed by atoms with Crippen LogP contribution in [0.25, 0.3) is 0 Å². The number of para-hydroxylation sites is 1. The van der Waals surface area contributed by atoms with E-state index < -0.39 is 0 Å². The fourth-order valence-corrected chi connectivity index (χ4v) is 5.78. The van der Waals surface area contributed by atoms with Gasteiger partial charge in [0.2, 0.25) is 5.91 Å². The molecule has 2 atom stereocenters. The number of hydrogen-bond donors (Lipinski definition) is 0. The number of nitrogens with zero attached hydrogens (tertiary/aromatic N) is 3. The van der Waals surface area contributed by atoms with E-state index in [0.29, 0.717) is 17.7 Å². The number of ether oxygens (including phenoxy) is 1. The van der Waals surface area contributed by atoms with E-state index in [9.17, 15) is 9.59 Å². The first-order chi connectivity index (χ1) is 16.5. The number of aromatic nitrogens is 1. The lowest BCUT2D eigenvalue weighted by Gasteiger charge is -2.40. The van der Waals surface area contributed by atoms with Crippen LogP contribution < -0.4 is 4.74 Å². The molecule has 34 heavy (non-hydrogen) atoms. The Hall–Kier alpha value is -2.41. The molecular formula is C27H37N3O3S. The Morgan fingerprint density at radius 3 is 2.59 bits per heavy atom. The van der Waals surface area contributed by atoms with Crippen molar-refractivity contribution in [2.24, 2.45) is 0 Å². The van der Waals surface area contributed by atoms with Crippen molar-refractivity contribution in [3.63, 3.8) is 0 Å². The Morgan fingerprint density at radius 1 is 1.06 bits per heavy atom. The smallest absolute Gasteiger partial charge is 0.257 e. The predicted molar refractivity (Wildman–Crippen MR) is 135 cm³/mol. The van der Waals surface area contributed by atoms with Gasteiger partial charge in [-0.2, -0.15) is 0 Å². The zero-order valence-electron chi connectivity index (χ0n) is 20.5. The van der Waals surface area contributed by atoms with Crippen LogP contribution in [0, 0.1) is 6.92 Å². The minimum absolute atomic E-state index is 0.00432. The van der Waals surface area contributed by atoms with Gasteiger partial charge in [0.05, 0.1) is 28.7 Å². The van der Waals surface area contributed by atoms with Crippen LogP contribution in [-0.4, -0.2) is 58.9 Å². The number of fused-ring (bicyclic) bond motifs is 2. The van der Waals surface area contributed by atoms with Crippen molar-refractivity contribution in [1.82, 2.24) is 14.8 Å². The molecule has 1 aliphatic heterocycles. The van der Waals surface area contributed by atoms with Crippen LogP contribution in [0.5, 0.6) is 5.75 Å². The number of carbonyl (C=O) groups excluding carboxylic acids is 2. The Labute approximate surface area is 207 Å². The number of aryl methyl sites for hydroxylation is 1. The summed E-state index contributed by atoms with van der Waals surface area (Å²) in [6, 6.07) is 7.59. The maximum Gasteiger partial charge on any atom is 0.257 e. The highest BCUT2D eigenvalue weighted by atomic mass is 32.1. The van der Waals surface area contributed by atoms with E-state index in [1.54, 1.807) is 11.3 Å². The van der Waals surface area contributed by atoms with Crippen molar-refractivity contribution >= 4 is 23.2 Å². The lowest BCUT2D eigenvalue weighted by atomic mass is 9.90. The molecule has 1 aromatic heterocycles. The molecule has 1 aromatic carbocycles. The molecule has 2 heterocycles. The second kappa shape index (κ2) is 11.8. The highest BCUT2D eigenvalue weighted by Gasteiger charge is 2.35. The van der Waals surface area contributed by atoms with Crippen molar-refractivity contribution in [1.29, 1.82) is 0 Å². The minimum atomic E-state index is -0.112. The van der Waals surface area contributed by atoms with Gasteiger partial charge in [0.1, 0.15) is 11.9 Å². The number of amides is 2. The van der Waals surface area contributed by atoms with Crippen molar-refractivity contribution in [3.05, 3.63) is 45.9 Å². The quantitative estimate of drug-likeness (QED) is 0.585. The number of benzene rings is 1. The molecular weight excluding hydrogens is 446 g/mol. The second-order valence-corrected chi connectivity index (χ2v) is 10.7. The van der Waals surface area contributed by atoms with Crippen LogP contribution in [0.3, 0.4) is 0 Å². The first kappa shape index (κ1) is 24.7. The SMILES string of the molecule is Cc1nc(CC(=O)N2CCCCCCCN(C)C(=O)c3ccccc3O[C@H]3CCCC[C@H]32)cs1. The molecule has 0 radical (unpaired) electrons. The van der Waals surface area contributed by atoms with Gasteiger partial charge in [-0.15, -0.1) is 11.3 Å². The highest BCUT2D eigenvalue weighted by molar-refractivity contribution is 7.09. The maximum atomic E-state index is 13.5. The lowest BCUT2D eigenvalue weighted by molar-refractivity contribution is -0.136. The molecule has 6 nitrogen and oxygen atoms in total. The fraction of sp³-hybridized carbons (Fsp3) is 0.593. The summed E-state index contributed by atoms with van der Waals surface area (Å²) < 4.78 is 6.57. The molecule has 0 spiro atoms. The molecule has 184 valence electrons. The number of hydrogen-bond acceptors (Lipinski definition) is 5. The third-order valence-electron chi connectivity index (χ3n) is 7.02. The second-order valence-electron chi connectivity index (χ2n) is 9.62. The van der Waals surface area contributed by atoms with Crippen molar-refractivity contribution < 1.29 is 14.3 Å². The van der Waals surface area contributed by atoms with Gasteiger partial charge in [0, 0.05) is 25.5 Å². The summed E-state index contributed by atoms with van der Waals surface area (Å²) in [5, 5.41) is 2.98. The van der Waals surface area contributed by atoms with E-state index in [2.05, 4.69) is 9.88 Å². The van der Waals surface area contributed by atoms with Crippen molar-refractivity contribution in [2.45, 2.75) is 83.3 Å². The summed E-state index contributed by atoms with van der Waals surface area (Å²) in [7, 11) is 1.88. The largest absolute Gasteiger partial charge is 0.487 e. The van der Waals surface area contributed by atoms with E-state index in [-0.39, 0.29) is 24.0 Å². The summed E-state index contributed by atoms with van der Waals surface area (Å²) in [6.45, 7) is 3.48. The van der Waals surface area contributed by atoms with Crippen molar-refractivity contribution in [3.8, 4) is 5.75 Å². The summed E-state index contributed by atoms with van der Waals surface area (Å²) in [5.41, 5.74) is 1.47. The van der Waals surface area contributed by atoms with Crippen LogP contribution in [0.2, 0.25) is 0 Å². The predicted octanol–water partition coefficient (Wildman–Crippen LogP) is 5.25. The molecule has 0 saturated heterocycles. The minimum Gasteiger partial charge on any atom is -0.487 e. The normalized spacial score (nSPS) is 22.7.